The number of halogens is 3. The van der Waals surface area contributed by atoms with Gasteiger partial charge in [-0.05, 0) is 19.4 Å². The third kappa shape index (κ3) is 4.36. The number of methoxy groups -OCH3 is 1. The summed E-state index contributed by atoms with van der Waals surface area (Å²) in [5.74, 6) is -2.93. The molecule has 1 aromatic carbocycles. The lowest BCUT2D eigenvalue weighted by Gasteiger charge is -2.34. The third-order valence-corrected chi connectivity index (χ3v) is 7.04. The molecule has 2 aromatic rings. The Morgan fingerprint density at radius 2 is 2.12 bits per heavy atom. The normalized spacial score (nSPS) is 25.7. The molecule has 1 saturated carbocycles. The van der Waals surface area contributed by atoms with Crippen LogP contribution in [0.25, 0.3) is 0 Å². The molecule has 1 fully saturated rings. The number of hydrogen-bond acceptors (Lipinski definition) is 8. The summed E-state index contributed by atoms with van der Waals surface area (Å²) >= 11 is 1.38. The Morgan fingerprint density at radius 3 is 2.79 bits per heavy atom. The molecule has 176 valence electrons. The van der Waals surface area contributed by atoms with Crippen LogP contribution in [0.1, 0.15) is 29.4 Å². The number of amidine groups is 1. The molecule has 0 bridgehead atoms. The monoisotopic (exact) mass is 481 g/mol. The summed E-state index contributed by atoms with van der Waals surface area (Å²) in [6.45, 7) is 1.23. The lowest BCUT2D eigenvalue weighted by Crippen LogP contribution is -2.38. The van der Waals surface area contributed by atoms with Crippen LogP contribution in [0.5, 0.6) is 5.88 Å². The second kappa shape index (κ2) is 8.82. The number of rotatable bonds is 8. The molecular weight excluding hydrogens is 459 g/mol. The second-order valence-corrected chi connectivity index (χ2v) is 9.44. The Balaban J connectivity index is 1.60. The van der Waals surface area contributed by atoms with Gasteiger partial charge in [-0.25, -0.2) is 23.1 Å². The van der Waals surface area contributed by atoms with Crippen LogP contribution in [-0.4, -0.2) is 52.8 Å². The van der Waals surface area contributed by atoms with Crippen molar-refractivity contribution < 1.29 is 27.4 Å². The fourth-order valence-corrected chi connectivity index (χ4v) is 5.66. The van der Waals surface area contributed by atoms with E-state index in [0.29, 0.717) is 13.0 Å². The van der Waals surface area contributed by atoms with Gasteiger partial charge in [-0.15, -0.1) is 0 Å². The Morgan fingerprint density at radius 1 is 1.33 bits per heavy atom. The Hall–Kier alpha value is -2.86. The number of amides is 1. The van der Waals surface area contributed by atoms with Crippen molar-refractivity contribution in [3.63, 3.8) is 0 Å². The minimum atomic E-state index is -1.13. The highest BCUT2D eigenvalue weighted by molar-refractivity contribution is 8.15. The zero-order chi connectivity index (χ0) is 23.8. The standard InChI is InChI=1S/C21H22F3N5O3S/c1-20(15-7-21(15,10-31-2)33-19(25)29-20)12-5-11(6-13(23)17(12)24)28-18(30)14-8-27-16(9-26-14)32-4-3-22/h5-6,8-9,15H,3-4,7,10H2,1-2H3,(H2,25,29)(H,28,30)/t15?,20-,21-/m1/s1. The number of alkyl halides is 1. The van der Waals surface area contributed by atoms with E-state index in [2.05, 4.69) is 20.3 Å². The van der Waals surface area contributed by atoms with Crippen molar-refractivity contribution in [2.75, 3.05) is 32.3 Å². The quantitative estimate of drug-likeness (QED) is 0.596. The molecule has 1 aliphatic heterocycles. The van der Waals surface area contributed by atoms with Crippen LogP contribution in [0.3, 0.4) is 0 Å². The maximum absolute atomic E-state index is 14.9. The first-order valence-corrected chi connectivity index (χ1v) is 10.9. The van der Waals surface area contributed by atoms with E-state index >= 15 is 0 Å². The van der Waals surface area contributed by atoms with E-state index in [9.17, 15) is 18.0 Å². The van der Waals surface area contributed by atoms with Gasteiger partial charge in [0.2, 0.25) is 5.88 Å². The number of benzene rings is 1. The van der Waals surface area contributed by atoms with Crippen molar-refractivity contribution in [1.29, 1.82) is 0 Å². The molecule has 4 rings (SSSR count). The zero-order valence-electron chi connectivity index (χ0n) is 17.9. The summed E-state index contributed by atoms with van der Waals surface area (Å²) < 4.78 is 51.6. The molecule has 1 unspecified atom stereocenters. The number of carbonyl (C=O) groups excluding carboxylic acids is 1. The van der Waals surface area contributed by atoms with Gasteiger partial charge in [0.25, 0.3) is 5.91 Å². The predicted molar refractivity (Wildman–Crippen MR) is 117 cm³/mol. The van der Waals surface area contributed by atoms with Crippen LogP contribution in [0, 0.1) is 17.6 Å². The van der Waals surface area contributed by atoms with Crippen LogP contribution in [-0.2, 0) is 10.3 Å². The molecule has 1 amide bonds. The van der Waals surface area contributed by atoms with Gasteiger partial charge in [-0.1, -0.05) is 11.8 Å². The molecule has 2 aliphatic rings. The number of ether oxygens (including phenoxy) is 2. The molecule has 0 saturated heterocycles. The first-order valence-electron chi connectivity index (χ1n) is 10.1. The van der Waals surface area contributed by atoms with Crippen LogP contribution in [0.2, 0.25) is 0 Å². The summed E-state index contributed by atoms with van der Waals surface area (Å²) in [7, 11) is 1.57. The average molecular weight is 482 g/mol. The van der Waals surface area contributed by atoms with Gasteiger partial charge in [0.15, 0.2) is 16.8 Å². The van der Waals surface area contributed by atoms with E-state index in [4.69, 9.17) is 15.2 Å². The van der Waals surface area contributed by atoms with Gasteiger partial charge >= 0.3 is 0 Å². The van der Waals surface area contributed by atoms with Gasteiger partial charge in [0.05, 0.1) is 29.3 Å². The number of aliphatic imine (C=N–C) groups is 1. The first kappa shape index (κ1) is 23.3. The number of thioether (sulfide) groups is 1. The molecule has 33 heavy (non-hydrogen) atoms. The summed E-state index contributed by atoms with van der Waals surface area (Å²) in [5.41, 5.74) is 4.83. The molecule has 1 aliphatic carbocycles. The lowest BCUT2D eigenvalue weighted by molar-refractivity contribution is 0.102. The molecule has 0 spiro atoms. The van der Waals surface area contributed by atoms with Crippen molar-refractivity contribution in [3.8, 4) is 5.88 Å². The number of fused-ring (bicyclic) bond motifs is 1. The number of carbonyl (C=O) groups is 1. The van der Waals surface area contributed by atoms with E-state index in [1.54, 1.807) is 14.0 Å². The van der Waals surface area contributed by atoms with Crippen LogP contribution in [0.4, 0.5) is 18.9 Å². The lowest BCUT2D eigenvalue weighted by atomic mass is 9.85. The van der Waals surface area contributed by atoms with Crippen LogP contribution >= 0.6 is 11.8 Å². The highest BCUT2D eigenvalue weighted by atomic mass is 32.2. The minimum absolute atomic E-state index is 0.00918. The van der Waals surface area contributed by atoms with Crippen molar-refractivity contribution >= 4 is 28.5 Å². The van der Waals surface area contributed by atoms with Crippen molar-refractivity contribution in [2.24, 2.45) is 16.6 Å². The van der Waals surface area contributed by atoms with Crippen molar-refractivity contribution in [2.45, 2.75) is 23.6 Å². The Labute approximate surface area is 192 Å². The maximum Gasteiger partial charge on any atom is 0.275 e. The number of nitrogens with one attached hydrogen (secondary N) is 1. The van der Waals surface area contributed by atoms with E-state index in [1.807, 2.05) is 0 Å². The smallest absolute Gasteiger partial charge is 0.275 e. The zero-order valence-corrected chi connectivity index (χ0v) is 18.7. The summed E-state index contributed by atoms with van der Waals surface area (Å²) in [6.07, 6.45) is 2.98. The highest BCUT2D eigenvalue weighted by Crippen LogP contribution is 2.66. The number of hydrogen-bond donors (Lipinski definition) is 2. The fourth-order valence-electron chi connectivity index (χ4n) is 4.21. The number of anilines is 1. The third-order valence-electron chi connectivity index (χ3n) is 5.76. The molecule has 3 atom stereocenters. The summed E-state index contributed by atoms with van der Waals surface area (Å²) in [5, 5.41) is 2.77. The highest BCUT2D eigenvalue weighted by Gasteiger charge is 2.66. The summed E-state index contributed by atoms with van der Waals surface area (Å²) in [6, 6.07) is 2.23. The second-order valence-electron chi connectivity index (χ2n) is 8.01. The van der Waals surface area contributed by atoms with Gasteiger partial charge in [0.1, 0.15) is 19.0 Å². The fraction of sp³-hybridized carbons (Fsp3) is 0.429. The van der Waals surface area contributed by atoms with Gasteiger partial charge in [-0.2, -0.15) is 0 Å². The van der Waals surface area contributed by atoms with Crippen molar-refractivity contribution in [3.05, 3.63) is 47.4 Å². The molecule has 12 heteroatoms. The molecule has 3 N–H and O–H groups in total. The van der Waals surface area contributed by atoms with E-state index in [-0.39, 0.29) is 45.3 Å². The Bertz CT molecular complexity index is 1100. The average Bonchev–Trinajstić information content (AvgIpc) is 3.49. The molecule has 0 radical (unpaired) electrons. The molecule has 2 heterocycles. The predicted octanol–water partition coefficient (Wildman–Crippen LogP) is 3.04. The van der Waals surface area contributed by atoms with E-state index in [0.717, 1.165) is 12.3 Å². The summed E-state index contributed by atoms with van der Waals surface area (Å²) in [4.78, 5) is 24.8. The van der Waals surface area contributed by atoms with Gasteiger partial charge in [-0.3, -0.25) is 9.79 Å². The maximum atomic E-state index is 14.9. The number of aromatic nitrogens is 2. The number of nitrogens with zero attached hydrogens (tertiary/aromatic N) is 3. The number of nitrogens with two attached hydrogens (primary N) is 1. The van der Waals surface area contributed by atoms with Gasteiger partial charge in [0, 0.05) is 30.3 Å². The molecule has 8 nitrogen and oxygen atoms in total. The minimum Gasteiger partial charge on any atom is -0.474 e. The van der Waals surface area contributed by atoms with Crippen LogP contribution < -0.4 is 15.8 Å². The largest absolute Gasteiger partial charge is 0.474 e. The SMILES string of the molecule is COC[C@]12CC1[C@@](C)(c1cc(NC(=O)c3cnc(OCCF)cn3)cc(F)c1F)N=C(N)S2. The Kier molecular flexibility index (Phi) is 6.23. The molecular formula is C21H22F3N5O3S. The topological polar surface area (TPSA) is 112 Å². The van der Waals surface area contributed by atoms with Crippen LogP contribution in [0.15, 0.2) is 29.5 Å². The first-order chi connectivity index (χ1) is 15.7. The van der Waals surface area contributed by atoms with E-state index < -0.39 is 29.8 Å². The molecule has 1 aromatic heterocycles. The van der Waals surface area contributed by atoms with Crippen molar-refractivity contribution in [1.82, 2.24) is 9.97 Å². The van der Waals surface area contributed by atoms with Gasteiger partial charge < -0.3 is 20.5 Å². The van der Waals surface area contributed by atoms with E-state index in [1.165, 1.54) is 24.0 Å².